The van der Waals surface area contributed by atoms with Gasteiger partial charge in [0.25, 0.3) is 0 Å². The zero-order valence-corrected chi connectivity index (χ0v) is 19.5. The highest BCUT2D eigenvalue weighted by Crippen LogP contribution is 2.31. The molecule has 34 heavy (non-hydrogen) atoms. The van der Waals surface area contributed by atoms with Gasteiger partial charge < -0.3 is 59.9 Å². The van der Waals surface area contributed by atoms with Crippen molar-refractivity contribution in [2.45, 2.75) is 62.1 Å². The number of carbonyl (C=O) groups is 1. The van der Waals surface area contributed by atoms with E-state index in [1.54, 1.807) is 6.92 Å². The quantitative estimate of drug-likeness (QED) is 0.111. The highest BCUT2D eigenvalue weighted by molar-refractivity contribution is 5.87. The second-order valence-corrected chi connectivity index (χ2v) is 8.18. The van der Waals surface area contributed by atoms with Gasteiger partial charge in [-0.15, -0.1) is 0 Å². The third-order valence-electron chi connectivity index (χ3n) is 5.87. The van der Waals surface area contributed by atoms with Gasteiger partial charge in [0.2, 0.25) is 5.91 Å². The molecule has 0 bridgehead atoms. The van der Waals surface area contributed by atoms with Crippen LogP contribution in [0.4, 0.5) is 0 Å². The average molecular weight is 495 g/mol. The molecule has 2 saturated heterocycles. The summed E-state index contributed by atoms with van der Waals surface area (Å²) in [4.78, 5) is 11.9. The van der Waals surface area contributed by atoms with E-state index >= 15 is 0 Å². The Bertz CT molecular complexity index is 628. The molecule has 2 heterocycles. The number of hydrogen-bond donors (Lipinski definition) is 6. The van der Waals surface area contributed by atoms with Crippen molar-refractivity contribution in [1.82, 2.24) is 5.32 Å². The molecule has 2 aliphatic heterocycles. The minimum absolute atomic E-state index is 0.0247. The number of aliphatic hydroxyl groups excluding tert-OH is 4. The van der Waals surface area contributed by atoms with Gasteiger partial charge in [-0.3, -0.25) is 4.79 Å². The summed E-state index contributed by atoms with van der Waals surface area (Å²) < 4.78 is 33.9. The molecule has 0 aromatic rings. The zero-order chi connectivity index (χ0) is 25.3. The van der Waals surface area contributed by atoms with Crippen molar-refractivity contribution < 1.29 is 53.6 Å². The first-order valence-corrected chi connectivity index (χ1v) is 11.2. The van der Waals surface area contributed by atoms with Gasteiger partial charge in [0, 0.05) is 13.0 Å². The SMILES string of the molecule is C=CC(=O)NC1[C@H](OC)OC(COCCO)[C@H](O[C@@H]2OC(COCCO)[C@H](C)[C@H](O)C2N)[C@@H]1O. The maximum Gasteiger partial charge on any atom is 0.243 e. The Labute approximate surface area is 198 Å². The molecule has 198 valence electrons. The van der Waals surface area contributed by atoms with Gasteiger partial charge in [0.15, 0.2) is 12.6 Å². The fraction of sp³-hybridized carbons (Fsp3) is 0.857. The van der Waals surface area contributed by atoms with Crippen LogP contribution in [0.25, 0.3) is 0 Å². The number of amides is 1. The van der Waals surface area contributed by atoms with Crippen molar-refractivity contribution in [2.75, 3.05) is 46.8 Å². The molecular weight excluding hydrogens is 456 g/mol. The molecule has 0 saturated carbocycles. The molecule has 13 nitrogen and oxygen atoms in total. The number of rotatable bonds is 13. The number of methoxy groups -OCH3 is 1. The molecule has 2 fully saturated rings. The first-order valence-electron chi connectivity index (χ1n) is 11.2. The van der Waals surface area contributed by atoms with Crippen molar-refractivity contribution in [2.24, 2.45) is 11.7 Å². The number of nitrogens with two attached hydrogens (primary N) is 1. The van der Waals surface area contributed by atoms with Gasteiger partial charge in [0.1, 0.15) is 24.4 Å². The lowest BCUT2D eigenvalue weighted by Crippen LogP contribution is -2.67. The second-order valence-electron chi connectivity index (χ2n) is 8.18. The molecule has 0 aromatic carbocycles. The van der Waals surface area contributed by atoms with Gasteiger partial charge >= 0.3 is 0 Å². The lowest BCUT2D eigenvalue weighted by atomic mass is 9.89. The van der Waals surface area contributed by atoms with E-state index in [4.69, 9.17) is 44.4 Å². The molecule has 2 rings (SSSR count). The van der Waals surface area contributed by atoms with Gasteiger partial charge in [-0.25, -0.2) is 0 Å². The molecule has 10 atom stereocenters. The minimum Gasteiger partial charge on any atom is -0.394 e. The van der Waals surface area contributed by atoms with Crippen LogP contribution in [0.1, 0.15) is 6.92 Å². The third kappa shape index (κ3) is 7.38. The summed E-state index contributed by atoms with van der Waals surface area (Å²) in [5.41, 5.74) is 6.17. The molecule has 0 radical (unpaired) electrons. The lowest BCUT2D eigenvalue weighted by Gasteiger charge is -2.48. The smallest absolute Gasteiger partial charge is 0.243 e. The van der Waals surface area contributed by atoms with Crippen LogP contribution in [-0.2, 0) is 33.2 Å². The van der Waals surface area contributed by atoms with E-state index in [9.17, 15) is 15.0 Å². The van der Waals surface area contributed by atoms with Gasteiger partial charge in [-0.1, -0.05) is 13.5 Å². The van der Waals surface area contributed by atoms with E-state index in [-0.39, 0.29) is 45.6 Å². The summed E-state index contributed by atoms with van der Waals surface area (Å²) in [6, 6.07) is -1.99. The van der Waals surface area contributed by atoms with Crippen LogP contribution in [0.2, 0.25) is 0 Å². The van der Waals surface area contributed by atoms with Crippen LogP contribution in [0.5, 0.6) is 0 Å². The summed E-state index contributed by atoms with van der Waals surface area (Å²) in [5, 5.41) is 42.3. The van der Waals surface area contributed by atoms with Crippen LogP contribution >= 0.6 is 0 Å². The molecule has 2 aliphatic rings. The Morgan fingerprint density at radius 3 is 2.21 bits per heavy atom. The first-order chi connectivity index (χ1) is 16.3. The van der Waals surface area contributed by atoms with Crippen LogP contribution in [-0.4, -0.2) is 128 Å². The van der Waals surface area contributed by atoms with E-state index in [1.807, 2.05) is 0 Å². The zero-order valence-electron chi connectivity index (χ0n) is 19.5. The molecule has 0 spiro atoms. The van der Waals surface area contributed by atoms with Crippen LogP contribution < -0.4 is 11.1 Å². The Balaban J connectivity index is 2.22. The Morgan fingerprint density at radius 1 is 1.06 bits per heavy atom. The monoisotopic (exact) mass is 494 g/mol. The summed E-state index contributed by atoms with van der Waals surface area (Å²) in [7, 11) is 1.35. The topological polar surface area (TPSA) is 191 Å². The molecule has 0 aromatic heterocycles. The van der Waals surface area contributed by atoms with Crippen molar-refractivity contribution >= 4 is 5.91 Å². The number of hydrogen-bond acceptors (Lipinski definition) is 12. The Kier molecular flexibility index (Phi) is 12.2. The normalized spacial score (nSPS) is 38.4. The van der Waals surface area contributed by atoms with Crippen molar-refractivity contribution in [1.29, 1.82) is 0 Å². The molecule has 4 unspecified atom stereocenters. The molecule has 1 amide bonds. The number of nitrogens with one attached hydrogen (secondary N) is 1. The minimum atomic E-state index is -1.35. The van der Waals surface area contributed by atoms with Gasteiger partial charge in [-0.05, 0) is 6.08 Å². The summed E-state index contributed by atoms with van der Waals surface area (Å²) >= 11 is 0. The van der Waals surface area contributed by atoms with Gasteiger partial charge in [0.05, 0.1) is 57.9 Å². The second kappa shape index (κ2) is 14.4. The molecule has 7 N–H and O–H groups in total. The molecule has 13 heteroatoms. The average Bonchev–Trinajstić information content (AvgIpc) is 2.83. The first kappa shape index (κ1) is 29.0. The standard InChI is InChI=1S/C21H38N2O11/c1-4-14(26)23-16-18(28)19(13(10-31-8-6-25)33-21(16)29-3)34-20-15(22)17(27)11(2)12(32-20)9-30-7-5-24/h4,11-13,15-21,24-25,27-28H,1,5-10,22H2,2-3H3,(H,23,26)/t11-,12?,13?,15?,16?,17-,18+,19-,20-,21+/m0/s1. The number of aliphatic hydroxyl groups is 4. The fourth-order valence-corrected chi connectivity index (χ4v) is 3.92. The van der Waals surface area contributed by atoms with Gasteiger partial charge in [-0.2, -0.15) is 0 Å². The fourth-order valence-electron chi connectivity index (χ4n) is 3.92. The van der Waals surface area contributed by atoms with Crippen molar-refractivity contribution in [3.05, 3.63) is 12.7 Å². The predicted molar refractivity (Wildman–Crippen MR) is 116 cm³/mol. The maximum atomic E-state index is 11.9. The van der Waals surface area contributed by atoms with Crippen molar-refractivity contribution in [3.8, 4) is 0 Å². The van der Waals surface area contributed by atoms with Crippen LogP contribution in [0.15, 0.2) is 12.7 Å². The van der Waals surface area contributed by atoms with Crippen LogP contribution in [0.3, 0.4) is 0 Å². The van der Waals surface area contributed by atoms with E-state index in [0.29, 0.717) is 0 Å². The number of ether oxygens (including phenoxy) is 6. The van der Waals surface area contributed by atoms with E-state index in [1.165, 1.54) is 7.11 Å². The molecular formula is C21H38N2O11. The lowest BCUT2D eigenvalue weighted by molar-refractivity contribution is -0.325. The number of carbonyl (C=O) groups excluding carboxylic acids is 1. The Morgan fingerprint density at radius 2 is 1.65 bits per heavy atom. The Hall–Kier alpha value is -1.23. The van der Waals surface area contributed by atoms with E-state index in [2.05, 4.69) is 11.9 Å². The highest BCUT2D eigenvalue weighted by atomic mass is 16.7. The maximum absolute atomic E-state index is 11.9. The van der Waals surface area contributed by atoms with E-state index in [0.717, 1.165) is 6.08 Å². The van der Waals surface area contributed by atoms with E-state index < -0.39 is 61.1 Å². The predicted octanol–water partition coefficient (Wildman–Crippen LogP) is -3.16. The van der Waals surface area contributed by atoms with Crippen LogP contribution in [0, 0.1) is 5.92 Å². The molecule has 0 aliphatic carbocycles. The summed E-state index contributed by atoms with van der Waals surface area (Å²) in [6.07, 6.45) is -6.10. The largest absolute Gasteiger partial charge is 0.394 e. The summed E-state index contributed by atoms with van der Waals surface area (Å²) in [6.45, 7) is 4.90. The van der Waals surface area contributed by atoms with Crippen molar-refractivity contribution in [3.63, 3.8) is 0 Å². The highest BCUT2D eigenvalue weighted by Gasteiger charge is 2.50. The summed E-state index contributed by atoms with van der Waals surface area (Å²) in [5.74, 6) is -0.943. The third-order valence-corrected chi connectivity index (χ3v) is 5.87.